The average molecular weight is 303 g/mol. The molecule has 1 aromatic carbocycles. The van der Waals surface area contributed by atoms with E-state index in [4.69, 9.17) is 0 Å². The van der Waals surface area contributed by atoms with Crippen molar-refractivity contribution < 1.29 is 10.2 Å². The summed E-state index contributed by atoms with van der Waals surface area (Å²) in [6, 6.07) is 6.43. The number of nitrogens with zero attached hydrogens (tertiary/aromatic N) is 1. The standard InChI is InChI=1S/C19H29NO2/c1-13-17-11-14-5-6-15(21)12-16(14)19(13,4)8-10-20(17)9-7-18(2,3)22/h5-6,12-13,17,21-22H,7-11H2,1-4H3/t13-,17+,19-/m1/s1. The number of benzene rings is 1. The molecule has 1 fully saturated rings. The summed E-state index contributed by atoms with van der Waals surface area (Å²) in [5.41, 5.74) is 2.29. The Bertz CT molecular complexity index is 563. The van der Waals surface area contributed by atoms with E-state index in [-0.39, 0.29) is 5.41 Å². The Morgan fingerprint density at radius 3 is 2.77 bits per heavy atom. The quantitative estimate of drug-likeness (QED) is 0.902. The number of phenols is 1. The van der Waals surface area contributed by atoms with Crippen molar-refractivity contribution in [2.24, 2.45) is 5.92 Å². The Morgan fingerprint density at radius 2 is 2.09 bits per heavy atom. The minimum atomic E-state index is -0.595. The van der Waals surface area contributed by atoms with Gasteiger partial charge in [0.2, 0.25) is 0 Å². The third-order valence-electron chi connectivity index (χ3n) is 6.12. The van der Waals surface area contributed by atoms with Crippen molar-refractivity contribution in [3.8, 4) is 5.75 Å². The molecular formula is C19H29NO2. The zero-order chi connectivity index (χ0) is 16.1. The molecular weight excluding hydrogens is 274 g/mol. The van der Waals surface area contributed by atoms with Crippen molar-refractivity contribution in [2.45, 2.75) is 64.0 Å². The zero-order valence-electron chi connectivity index (χ0n) is 14.3. The highest BCUT2D eigenvalue weighted by atomic mass is 16.3. The highest BCUT2D eigenvalue weighted by Gasteiger charge is 2.48. The molecule has 3 heteroatoms. The van der Waals surface area contributed by atoms with E-state index in [0.717, 1.165) is 32.4 Å². The van der Waals surface area contributed by atoms with Crippen LogP contribution in [0.15, 0.2) is 18.2 Å². The third kappa shape index (κ3) is 2.65. The topological polar surface area (TPSA) is 43.7 Å². The van der Waals surface area contributed by atoms with Crippen LogP contribution in [0.2, 0.25) is 0 Å². The Hall–Kier alpha value is -1.06. The first-order valence-corrected chi connectivity index (χ1v) is 8.49. The molecule has 3 rings (SSSR count). The van der Waals surface area contributed by atoms with Crippen molar-refractivity contribution >= 4 is 0 Å². The van der Waals surface area contributed by atoms with Crippen molar-refractivity contribution in [1.29, 1.82) is 0 Å². The van der Waals surface area contributed by atoms with Gasteiger partial charge in [0.05, 0.1) is 5.60 Å². The molecule has 2 bridgehead atoms. The van der Waals surface area contributed by atoms with E-state index < -0.39 is 5.60 Å². The average Bonchev–Trinajstić information content (AvgIpc) is 2.42. The lowest BCUT2D eigenvalue weighted by molar-refractivity contribution is 0.00414. The summed E-state index contributed by atoms with van der Waals surface area (Å²) in [6.45, 7) is 10.5. The fourth-order valence-corrected chi connectivity index (χ4v) is 4.39. The Kier molecular flexibility index (Phi) is 3.77. The van der Waals surface area contributed by atoms with Crippen LogP contribution in [0.1, 0.15) is 51.7 Å². The van der Waals surface area contributed by atoms with Gasteiger partial charge in [0, 0.05) is 12.6 Å². The molecule has 1 heterocycles. The summed E-state index contributed by atoms with van der Waals surface area (Å²) in [5.74, 6) is 0.951. The molecule has 1 saturated heterocycles. The number of aliphatic hydroxyl groups is 1. The van der Waals surface area contributed by atoms with Crippen LogP contribution >= 0.6 is 0 Å². The van der Waals surface area contributed by atoms with Crippen LogP contribution in [0, 0.1) is 5.92 Å². The predicted molar refractivity (Wildman–Crippen MR) is 89.2 cm³/mol. The molecule has 122 valence electrons. The van der Waals surface area contributed by atoms with Gasteiger partial charge < -0.3 is 10.2 Å². The molecule has 1 aromatic rings. The maximum Gasteiger partial charge on any atom is 0.115 e. The van der Waals surface area contributed by atoms with Crippen LogP contribution in [0.25, 0.3) is 0 Å². The summed E-state index contributed by atoms with van der Waals surface area (Å²) < 4.78 is 0. The minimum absolute atomic E-state index is 0.155. The number of phenolic OH excluding ortho intramolecular Hbond substituents is 1. The second kappa shape index (κ2) is 5.24. The highest BCUT2D eigenvalue weighted by molar-refractivity contribution is 5.44. The van der Waals surface area contributed by atoms with Crippen LogP contribution in [0.4, 0.5) is 0 Å². The van der Waals surface area contributed by atoms with Gasteiger partial charge >= 0.3 is 0 Å². The van der Waals surface area contributed by atoms with Crippen LogP contribution in [-0.2, 0) is 11.8 Å². The minimum Gasteiger partial charge on any atom is -0.508 e. The summed E-state index contributed by atoms with van der Waals surface area (Å²) >= 11 is 0. The molecule has 0 spiro atoms. The molecule has 22 heavy (non-hydrogen) atoms. The molecule has 0 amide bonds. The van der Waals surface area contributed by atoms with E-state index in [2.05, 4.69) is 24.8 Å². The van der Waals surface area contributed by atoms with Gasteiger partial charge in [-0.25, -0.2) is 0 Å². The number of piperidine rings is 1. The number of hydrogen-bond acceptors (Lipinski definition) is 3. The SMILES string of the molecule is C[C@@H]1[C@@H]2Cc3ccc(O)cc3[C@]1(C)CCN2CCC(C)(C)O. The van der Waals surface area contributed by atoms with Crippen LogP contribution in [0.3, 0.4) is 0 Å². The summed E-state index contributed by atoms with van der Waals surface area (Å²) in [6.07, 6.45) is 2.99. The maximum absolute atomic E-state index is 10.0. The van der Waals surface area contributed by atoms with Crippen molar-refractivity contribution in [1.82, 2.24) is 4.90 Å². The molecule has 1 aliphatic carbocycles. The van der Waals surface area contributed by atoms with Gasteiger partial charge in [-0.1, -0.05) is 19.9 Å². The maximum atomic E-state index is 10.0. The van der Waals surface area contributed by atoms with Crippen molar-refractivity contribution in [2.75, 3.05) is 13.1 Å². The zero-order valence-corrected chi connectivity index (χ0v) is 14.3. The van der Waals surface area contributed by atoms with Crippen molar-refractivity contribution in [3.63, 3.8) is 0 Å². The van der Waals surface area contributed by atoms with Gasteiger partial charge in [0.25, 0.3) is 0 Å². The molecule has 0 aromatic heterocycles. The second-order valence-corrected chi connectivity index (χ2v) is 8.17. The molecule has 3 atom stereocenters. The van der Waals surface area contributed by atoms with Gasteiger partial charge in [-0.3, -0.25) is 4.90 Å². The summed E-state index contributed by atoms with van der Waals surface area (Å²) in [4.78, 5) is 2.57. The summed E-state index contributed by atoms with van der Waals surface area (Å²) in [7, 11) is 0. The van der Waals surface area contributed by atoms with Crippen LogP contribution in [-0.4, -0.2) is 39.8 Å². The molecule has 3 nitrogen and oxygen atoms in total. The smallest absolute Gasteiger partial charge is 0.115 e. The predicted octanol–water partition coefficient (Wildman–Crippen LogP) is 3.08. The van der Waals surface area contributed by atoms with Crippen LogP contribution in [0.5, 0.6) is 5.75 Å². The second-order valence-electron chi connectivity index (χ2n) is 8.17. The fourth-order valence-electron chi connectivity index (χ4n) is 4.39. The Balaban J connectivity index is 1.88. The van der Waals surface area contributed by atoms with Gasteiger partial charge in [-0.05, 0) is 74.2 Å². The van der Waals surface area contributed by atoms with Gasteiger partial charge in [-0.15, -0.1) is 0 Å². The first-order chi connectivity index (χ1) is 10.2. The highest BCUT2D eigenvalue weighted by Crippen LogP contribution is 2.49. The Labute approximate surface area is 134 Å². The lowest BCUT2D eigenvalue weighted by Crippen LogP contribution is -2.58. The van der Waals surface area contributed by atoms with E-state index >= 15 is 0 Å². The molecule has 0 unspecified atom stereocenters. The summed E-state index contributed by atoms with van der Waals surface area (Å²) in [5, 5.41) is 19.9. The van der Waals surface area contributed by atoms with E-state index in [1.807, 2.05) is 26.0 Å². The normalized spacial score (nSPS) is 31.9. The first-order valence-electron chi connectivity index (χ1n) is 8.49. The molecule has 0 radical (unpaired) electrons. The van der Waals surface area contributed by atoms with E-state index in [9.17, 15) is 10.2 Å². The number of likely N-dealkylation sites (tertiary alicyclic amines) is 1. The fraction of sp³-hybridized carbons (Fsp3) is 0.684. The number of aromatic hydroxyl groups is 1. The molecule has 2 aliphatic rings. The van der Waals surface area contributed by atoms with Crippen LogP contribution < -0.4 is 0 Å². The van der Waals surface area contributed by atoms with Crippen molar-refractivity contribution in [3.05, 3.63) is 29.3 Å². The monoisotopic (exact) mass is 303 g/mol. The van der Waals surface area contributed by atoms with Gasteiger partial charge in [-0.2, -0.15) is 0 Å². The lowest BCUT2D eigenvalue weighted by Gasteiger charge is -2.55. The van der Waals surface area contributed by atoms with E-state index in [1.165, 1.54) is 11.1 Å². The third-order valence-corrected chi connectivity index (χ3v) is 6.12. The largest absolute Gasteiger partial charge is 0.508 e. The van der Waals surface area contributed by atoms with Gasteiger partial charge in [0.15, 0.2) is 0 Å². The molecule has 0 saturated carbocycles. The number of fused-ring (bicyclic) bond motifs is 4. The van der Waals surface area contributed by atoms with E-state index in [0.29, 0.717) is 17.7 Å². The first kappa shape index (κ1) is 15.8. The lowest BCUT2D eigenvalue weighted by atomic mass is 9.59. The molecule has 2 N–H and O–H groups in total. The molecule has 1 aliphatic heterocycles. The number of rotatable bonds is 3. The van der Waals surface area contributed by atoms with Gasteiger partial charge in [0.1, 0.15) is 5.75 Å². The Morgan fingerprint density at radius 1 is 1.36 bits per heavy atom. The number of hydrogen-bond donors (Lipinski definition) is 2. The van der Waals surface area contributed by atoms with E-state index in [1.54, 1.807) is 0 Å².